The zero-order chi connectivity index (χ0) is 17.1. The second-order valence-corrected chi connectivity index (χ2v) is 6.99. The first-order chi connectivity index (χ1) is 12.3. The Morgan fingerprint density at radius 2 is 2.08 bits per heavy atom. The molecule has 0 aliphatic carbocycles. The lowest BCUT2D eigenvalue weighted by molar-refractivity contribution is 0.341. The lowest BCUT2D eigenvalue weighted by Gasteiger charge is -2.35. The summed E-state index contributed by atoms with van der Waals surface area (Å²) in [6.45, 7) is 5.22. The van der Waals surface area contributed by atoms with Gasteiger partial charge < -0.3 is 20.3 Å². The van der Waals surface area contributed by atoms with Crippen molar-refractivity contribution in [2.24, 2.45) is 5.92 Å². The number of ether oxygens (including phenoxy) is 1. The van der Waals surface area contributed by atoms with Crippen molar-refractivity contribution in [3.8, 4) is 5.75 Å². The zero-order valence-electron chi connectivity index (χ0n) is 14.8. The Morgan fingerprint density at radius 1 is 1.24 bits per heavy atom. The molecule has 1 atom stereocenters. The molecule has 0 radical (unpaired) electrons. The molecule has 1 unspecified atom stereocenters. The van der Waals surface area contributed by atoms with Crippen LogP contribution in [0, 0.1) is 5.92 Å². The van der Waals surface area contributed by atoms with Gasteiger partial charge in [0, 0.05) is 50.7 Å². The molecule has 0 bridgehead atoms. The number of para-hydroxylation sites is 2. The van der Waals surface area contributed by atoms with Crippen LogP contribution in [0.2, 0.25) is 0 Å². The number of benzene rings is 1. The first-order valence-corrected chi connectivity index (χ1v) is 9.20. The highest BCUT2D eigenvalue weighted by atomic mass is 16.5. The van der Waals surface area contributed by atoms with Crippen molar-refractivity contribution in [3.05, 3.63) is 36.5 Å². The van der Waals surface area contributed by atoms with Crippen LogP contribution in [0.1, 0.15) is 12.8 Å². The highest BCUT2D eigenvalue weighted by Gasteiger charge is 2.23. The van der Waals surface area contributed by atoms with Crippen LogP contribution in [0.4, 0.5) is 11.5 Å². The van der Waals surface area contributed by atoms with Gasteiger partial charge in [0.1, 0.15) is 11.6 Å². The number of piperidine rings is 1. The summed E-state index contributed by atoms with van der Waals surface area (Å²) in [6, 6.07) is 10.9. The van der Waals surface area contributed by atoms with E-state index in [2.05, 4.69) is 37.4 Å². The molecular formula is C19H27N5O. The van der Waals surface area contributed by atoms with Crippen LogP contribution in [-0.4, -0.2) is 49.1 Å². The highest BCUT2D eigenvalue weighted by molar-refractivity contribution is 5.58. The molecule has 0 saturated carbocycles. The van der Waals surface area contributed by atoms with Gasteiger partial charge in [-0.1, -0.05) is 12.1 Å². The lowest BCUT2D eigenvalue weighted by atomic mass is 10.0. The van der Waals surface area contributed by atoms with E-state index < -0.39 is 0 Å². The van der Waals surface area contributed by atoms with Crippen molar-refractivity contribution < 1.29 is 4.74 Å². The van der Waals surface area contributed by atoms with Gasteiger partial charge in [-0.05, 0) is 25.0 Å². The molecule has 2 aliphatic heterocycles. The minimum Gasteiger partial charge on any atom is -0.495 e. The minimum atomic E-state index is 0.597. The van der Waals surface area contributed by atoms with Gasteiger partial charge in [0.15, 0.2) is 0 Å². The monoisotopic (exact) mass is 341 g/mol. The number of methoxy groups -OCH3 is 1. The molecule has 25 heavy (non-hydrogen) atoms. The molecule has 1 aromatic carbocycles. The molecule has 0 amide bonds. The van der Waals surface area contributed by atoms with Crippen LogP contribution in [0.5, 0.6) is 5.75 Å². The van der Waals surface area contributed by atoms with E-state index in [0.717, 1.165) is 44.3 Å². The molecule has 3 heterocycles. The summed E-state index contributed by atoms with van der Waals surface area (Å²) >= 11 is 0. The van der Waals surface area contributed by atoms with Crippen molar-refractivity contribution in [2.45, 2.75) is 25.4 Å². The number of nitrogens with zero attached hydrogens (tertiary/aromatic N) is 3. The molecule has 134 valence electrons. The fraction of sp³-hybridized carbons (Fsp3) is 0.526. The Kier molecular flexibility index (Phi) is 4.78. The maximum absolute atomic E-state index is 5.50. The third-order valence-corrected chi connectivity index (χ3v) is 5.34. The van der Waals surface area contributed by atoms with Gasteiger partial charge in [0.05, 0.1) is 19.0 Å². The van der Waals surface area contributed by atoms with Gasteiger partial charge in [-0.15, -0.1) is 0 Å². The third kappa shape index (κ3) is 3.58. The molecule has 6 heteroatoms. The SMILES string of the molecule is COc1ccccc1N1CCC(NCC2CNc3ccnn3C2)CC1. The van der Waals surface area contributed by atoms with Crippen LogP contribution < -0.4 is 20.3 Å². The molecule has 2 aromatic rings. The number of anilines is 2. The van der Waals surface area contributed by atoms with Gasteiger partial charge in [-0.2, -0.15) is 5.10 Å². The van der Waals surface area contributed by atoms with Crippen LogP contribution in [0.3, 0.4) is 0 Å². The number of nitrogens with one attached hydrogen (secondary N) is 2. The van der Waals surface area contributed by atoms with Gasteiger partial charge in [-0.25, -0.2) is 4.68 Å². The standard InChI is InChI=1S/C19H27N5O/c1-25-18-5-3-2-4-17(18)23-10-7-16(8-11-23)20-12-15-13-21-19-6-9-22-24(19)14-15/h2-6,9,15-16,20-21H,7-8,10-14H2,1H3. The maximum atomic E-state index is 5.50. The summed E-state index contributed by atoms with van der Waals surface area (Å²) in [5, 5.41) is 11.6. The zero-order valence-corrected chi connectivity index (χ0v) is 14.8. The Labute approximate surface area is 149 Å². The molecule has 1 fully saturated rings. The fourth-order valence-corrected chi connectivity index (χ4v) is 3.87. The number of hydrogen-bond donors (Lipinski definition) is 2. The van der Waals surface area contributed by atoms with Gasteiger partial charge in [0.25, 0.3) is 0 Å². The molecular weight excluding hydrogens is 314 g/mol. The predicted octanol–water partition coefficient (Wildman–Crippen LogP) is 2.19. The minimum absolute atomic E-state index is 0.597. The summed E-state index contributed by atoms with van der Waals surface area (Å²) in [5.74, 6) is 2.71. The van der Waals surface area contributed by atoms with E-state index in [1.54, 1.807) is 7.11 Å². The Balaban J connectivity index is 1.25. The van der Waals surface area contributed by atoms with E-state index in [1.165, 1.54) is 18.5 Å². The van der Waals surface area contributed by atoms with Crippen molar-refractivity contribution in [3.63, 3.8) is 0 Å². The van der Waals surface area contributed by atoms with E-state index in [1.807, 2.05) is 24.4 Å². The normalized spacial score (nSPS) is 20.8. The summed E-state index contributed by atoms with van der Waals surface area (Å²) in [7, 11) is 1.75. The fourth-order valence-electron chi connectivity index (χ4n) is 3.87. The topological polar surface area (TPSA) is 54.4 Å². The maximum Gasteiger partial charge on any atom is 0.142 e. The Morgan fingerprint density at radius 3 is 2.92 bits per heavy atom. The van der Waals surface area contributed by atoms with Crippen LogP contribution >= 0.6 is 0 Å². The molecule has 2 N–H and O–H groups in total. The summed E-state index contributed by atoms with van der Waals surface area (Å²) in [6.07, 6.45) is 4.21. The van der Waals surface area contributed by atoms with E-state index in [9.17, 15) is 0 Å². The average Bonchev–Trinajstić information content (AvgIpc) is 3.14. The smallest absolute Gasteiger partial charge is 0.142 e. The van der Waals surface area contributed by atoms with Crippen LogP contribution in [0.15, 0.2) is 36.5 Å². The number of aromatic nitrogens is 2. The Bertz CT molecular complexity index is 693. The van der Waals surface area contributed by atoms with Crippen LogP contribution in [-0.2, 0) is 6.54 Å². The predicted molar refractivity (Wildman–Crippen MR) is 100 cm³/mol. The number of fused-ring (bicyclic) bond motifs is 1. The average molecular weight is 341 g/mol. The molecule has 6 nitrogen and oxygen atoms in total. The van der Waals surface area contributed by atoms with Crippen molar-refractivity contribution >= 4 is 11.5 Å². The Hall–Kier alpha value is -2.21. The van der Waals surface area contributed by atoms with E-state index in [0.29, 0.717) is 12.0 Å². The van der Waals surface area contributed by atoms with E-state index in [4.69, 9.17) is 4.74 Å². The summed E-state index contributed by atoms with van der Waals surface area (Å²) in [4.78, 5) is 2.44. The quantitative estimate of drug-likeness (QED) is 0.873. The molecule has 4 rings (SSSR count). The summed E-state index contributed by atoms with van der Waals surface area (Å²) < 4.78 is 7.57. The lowest BCUT2D eigenvalue weighted by Crippen LogP contribution is -2.45. The number of hydrogen-bond acceptors (Lipinski definition) is 5. The van der Waals surface area contributed by atoms with Gasteiger partial charge >= 0.3 is 0 Å². The van der Waals surface area contributed by atoms with E-state index in [-0.39, 0.29) is 0 Å². The van der Waals surface area contributed by atoms with Crippen molar-refractivity contribution in [1.29, 1.82) is 0 Å². The van der Waals surface area contributed by atoms with Crippen molar-refractivity contribution in [1.82, 2.24) is 15.1 Å². The molecule has 1 aromatic heterocycles. The largest absolute Gasteiger partial charge is 0.495 e. The van der Waals surface area contributed by atoms with Crippen molar-refractivity contribution in [2.75, 3.05) is 43.5 Å². The number of rotatable bonds is 5. The first-order valence-electron chi connectivity index (χ1n) is 9.20. The first kappa shape index (κ1) is 16.3. The summed E-state index contributed by atoms with van der Waals surface area (Å²) in [5.41, 5.74) is 1.21. The van der Waals surface area contributed by atoms with Crippen LogP contribution in [0.25, 0.3) is 0 Å². The highest BCUT2D eigenvalue weighted by Crippen LogP contribution is 2.29. The molecule has 1 saturated heterocycles. The van der Waals surface area contributed by atoms with Gasteiger partial charge in [0.2, 0.25) is 0 Å². The molecule has 2 aliphatic rings. The van der Waals surface area contributed by atoms with E-state index >= 15 is 0 Å². The second kappa shape index (κ2) is 7.35. The molecule has 0 spiro atoms. The second-order valence-electron chi connectivity index (χ2n) is 6.99. The third-order valence-electron chi connectivity index (χ3n) is 5.34. The van der Waals surface area contributed by atoms with Gasteiger partial charge in [-0.3, -0.25) is 0 Å².